The molecule has 3 N–H and O–H groups in total. The predicted octanol–water partition coefficient (Wildman–Crippen LogP) is 1.35. The lowest BCUT2D eigenvalue weighted by Crippen LogP contribution is -2.14. The zero-order valence-electron chi connectivity index (χ0n) is 8.66. The third-order valence-electron chi connectivity index (χ3n) is 2.87. The van der Waals surface area contributed by atoms with Crippen LogP contribution in [-0.4, -0.2) is 21.2 Å². The van der Waals surface area contributed by atoms with Gasteiger partial charge in [0, 0.05) is 18.4 Å². The summed E-state index contributed by atoms with van der Waals surface area (Å²) in [6.45, 7) is 2.15. The summed E-state index contributed by atoms with van der Waals surface area (Å²) in [5.74, 6) is 2.48. The van der Waals surface area contributed by atoms with Gasteiger partial charge < -0.3 is 5.73 Å². The van der Waals surface area contributed by atoms with Gasteiger partial charge in [0.05, 0.1) is 0 Å². The van der Waals surface area contributed by atoms with Crippen LogP contribution < -0.4 is 5.73 Å². The molecule has 1 heterocycles. The van der Waals surface area contributed by atoms with Gasteiger partial charge in [-0.25, -0.2) is 4.98 Å². The van der Waals surface area contributed by atoms with Gasteiger partial charge in [0.2, 0.25) is 0 Å². The Hall–Kier alpha value is -0.900. The summed E-state index contributed by atoms with van der Waals surface area (Å²) in [5.41, 5.74) is 5.86. The first-order valence-electron chi connectivity index (χ1n) is 5.46. The van der Waals surface area contributed by atoms with E-state index in [1.807, 2.05) is 0 Å². The Kier molecular flexibility index (Phi) is 2.82. The Balaban J connectivity index is 2.02. The van der Waals surface area contributed by atoms with Gasteiger partial charge in [-0.2, -0.15) is 5.10 Å². The summed E-state index contributed by atoms with van der Waals surface area (Å²) in [7, 11) is 0. The normalized spacial score (nSPS) is 27.0. The zero-order chi connectivity index (χ0) is 9.97. The van der Waals surface area contributed by atoms with Gasteiger partial charge in [0.25, 0.3) is 0 Å². The topological polar surface area (TPSA) is 67.6 Å². The molecule has 0 aromatic carbocycles. The Morgan fingerprint density at radius 3 is 3.00 bits per heavy atom. The molecule has 2 rings (SSSR count). The van der Waals surface area contributed by atoms with Crippen molar-refractivity contribution in [2.45, 2.75) is 51.0 Å². The molecule has 0 radical (unpaired) electrons. The van der Waals surface area contributed by atoms with E-state index in [1.165, 1.54) is 0 Å². The van der Waals surface area contributed by atoms with Crippen molar-refractivity contribution in [2.75, 3.05) is 0 Å². The first-order valence-corrected chi connectivity index (χ1v) is 5.46. The molecule has 1 aromatic rings. The minimum Gasteiger partial charge on any atom is -0.328 e. The lowest BCUT2D eigenvalue weighted by molar-refractivity contribution is 0.645. The second kappa shape index (κ2) is 4.09. The number of hydrogen-bond donors (Lipinski definition) is 2. The smallest absolute Gasteiger partial charge is 0.153 e. The van der Waals surface area contributed by atoms with Crippen LogP contribution in [-0.2, 0) is 6.42 Å². The maximum Gasteiger partial charge on any atom is 0.153 e. The van der Waals surface area contributed by atoms with Crippen LogP contribution in [0.3, 0.4) is 0 Å². The molecule has 2 unspecified atom stereocenters. The summed E-state index contributed by atoms with van der Waals surface area (Å²) in [5, 5.41) is 7.26. The van der Waals surface area contributed by atoms with Crippen LogP contribution in [0.2, 0.25) is 0 Å². The second-order valence-electron chi connectivity index (χ2n) is 4.16. The second-order valence-corrected chi connectivity index (χ2v) is 4.16. The van der Waals surface area contributed by atoms with Crippen molar-refractivity contribution in [2.24, 2.45) is 5.73 Å². The fourth-order valence-corrected chi connectivity index (χ4v) is 2.09. The average molecular weight is 194 g/mol. The van der Waals surface area contributed by atoms with E-state index in [0.29, 0.717) is 12.0 Å². The Bertz CT molecular complexity index is 294. The molecule has 78 valence electrons. The molecular weight excluding hydrogens is 176 g/mol. The maximum atomic E-state index is 5.86. The van der Waals surface area contributed by atoms with E-state index in [2.05, 4.69) is 22.1 Å². The van der Waals surface area contributed by atoms with Crippen molar-refractivity contribution in [3.8, 4) is 0 Å². The molecule has 0 spiro atoms. The third kappa shape index (κ3) is 1.95. The number of aryl methyl sites for hydroxylation is 1. The fraction of sp³-hybridized carbons (Fsp3) is 0.800. The Morgan fingerprint density at radius 1 is 1.50 bits per heavy atom. The summed E-state index contributed by atoms with van der Waals surface area (Å²) >= 11 is 0. The molecule has 1 fully saturated rings. The van der Waals surface area contributed by atoms with Crippen molar-refractivity contribution < 1.29 is 0 Å². The summed E-state index contributed by atoms with van der Waals surface area (Å²) < 4.78 is 0. The van der Waals surface area contributed by atoms with Gasteiger partial charge in [-0.05, 0) is 25.7 Å². The minimum absolute atomic E-state index is 0.355. The highest BCUT2D eigenvalue weighted by Gasteiger charge is 2.26. The van der Waals surface area contributed by atoms with E-state index >= 15 is 0 Å². The van der Waals surface area contributed by atoms with Crippen LogP contribution >= 0.6 is 0 Å². The Morgan fingerprint density at radius 2 is 2.36 bits per heavy atom. The molecule has 1 aliphatic carbocycles. The van der Waals surface area contributed by atoms with Crippen molar-refractivity contribution in [3.63, 3.8) is 0 Å². The number of aromatic nitrogens is 3. The molecule has 4 nitrogen and oxygen atoms in total. The van der Waals surface area contributed by atoms with Gasteiger partial charge in [-0.15, -0.1) is 0 Å². The fourth-order valence-electron chi connectivity index (χ4n) is 2.09. The molecule has 1 aromatic heterocycles. The van der Waals surface area contributed by atoms with Crippen molar-refractivity contribution in [1.82, 2.24) is 15.2 Å². The molecule has 0 amide bonds. The monoisotopic (exact) mass is 194 g/mol. The average Bonchev–Trinajstić information content (AvgIpc) is 2.74. The molecule has 2 atom stereocenters. The number of nitrogens with zero attached hydrogens (tertiary/aromatic N) is 2. The van der Waals surface area contributed by atoms with Gasteiger partial charge in [0.1, 0.15) is 5.82 Å². The van der Waals surface area contributed by atoms with Crippen molar-refractivity contribution in [1.29, 1.82) is 0 Å². The molecule has 1 saturated carbocycles. The number of H-pyrrole nitrogens is 1. The third-order valence-corrected chi connectivity index (χ3v) is 2.87. The standard InChI is InChI=1S/C10H18N4/c1-2-3-9-12-10(14-13-9)7-4-5-8(11)6-7/h7-8H,2-6,11H2,1H3,(H,12,13,14). The molecule has 0 aliphatic heterocycles. The SMILES string of the molecule is CCCc1nc(C2CCC(N)C2)n[nH]1. The molecular formula is C10H18N4. The van der Waals surface area contributed by atoms with Gasteiger partial charge in [-0.1, -0.05) is 6.92 Å². The maximum absolute atomic E-state index is 5.86. The lowest BCUT2D eigenvalue weighted by atomic mass is 10.1. The molecule has 0 bridgehead atoms. The van der Waals surface area contributed by atoms with Crippen LogP contribution in [0.1, 0.15) is 50.2 Å². The van der Waals surface area contributed by atoms with Crippen LogP contribution in [0.25, 0.3) is 0 Å². The van der Waals surface area contributed by atoms with E-state index in [-0.39, 0.29) is 0 Å². The first-order chi connectivity index (χ1) is 6.79. The lowest BCUT2D eigenvalue weighted by Gasteiger charge is -2.02. The Labute approximate surface area is 84.3 Å². The van der Waals surface area contributed by atoms with Crippen molar-refractivity contribution >= 4 is 0 Å². The summed E-state index contributed by atoms with van der Waals surface area (Å²) in [4.78, 5) is 4.49. The van der Waals surface area contributed by atoms with Crippen LogP contribution in [0.4, 0.5) is 0 Å². The molecule has 4 heteroatoms. The zero-order valence-corrected chi connectivity index (χ0v) is 8.66. The van der Waals surface area contributed by atoms with Crippen molar-refractivity contribution in [3.05, 3.63) is 11.6 Å². The van der Waals surface area contributed by atoms with Gasteiger partial charge in [0.15, 0.2) is 5.82 Å². The van der Waals surface area contributed by atoms with Crippen LogP contribution in [0.15, 0.2) is 0 Å². The largest absolute Gasteiger partial charge is 0.328 e. The number of nitrogens with one attached hydrogen (secondary N) is 1. The van der Waals surface area contributed by atoms with E-state index in [9.17, 15) is 0 Å². The number of rotatable bonds is 3. The highest BCUT2D eigenvalue weighted by Crippen LogP contribution is 2.31. The number of hydrogen-bond acceptors (Lipinski definition) is 3. The minimum atomic E-state index is 0.355. The van der Waals surface area contributed by atoms with Crippen LogP contribution in [0, 0.1) is 0 Å². The molecule has 0 saturated heterocycles. The predicted molar refractivity (Wildman–Crippen MR) is 54.9 cm³/mol. The summed E-state index contributed by atoms with van der Waals surface area (Å²) in [6, 6.07) is 0.355. The molecule has 14 heavy (non-hydrogen) atoms. The highest BCUT2D eigenvalue weighted by atomic mass is 15.2. The highest BCUT2D eigenvalue weighted by molar-refractivity contribution is 5.02. The number of aromatic amines is 1. The first kappa shape index (κ1) is 9.65. The summed E-state index contributed by atoms with van der Waals surface area (Å²) in [6.07, 6.45) is 5.40. The van der Waals surface area contributed by atoms with E-state index in [4.69, 9.17) is 5.73 Å². The van der Waals surface area contributed by atoms with Gasteiger partial charge >= 0.3 is 0 Å². The molecule has 1 aliphatic rings. The van der Waals surface area contributed by atoms with Gasteiger partial charge in [-0.3, -0.25) is 5.10 Å². The van der Waals surface area contributed by atoms with E-state index in [0.717, 1.165) is 43.8 Å². The van der Waals surface area contributed by atoms with E-state index in [1.54, 1.807) is 0 Å². The van der Waals surface area contributed by atoms with Crippen LogP contribution in [0.5, 0.6) is 0 Å². The van der Waals surface area contributed by atoms with E-state index < -0.39 is 0 Å². The number of nitrogens with two attached hydrogens (primary N) is 1. The quantitative estimate of drug-likeness (QED) is 0.763.